The Bertz CT molecular complexity index is 1910. The zero-order chi connectivity index (χ0) is 34.1. The van der Waals surface area contributed by atoms with E-state index >= 15 is 0 Å². The van der Waals surface area contributed by atoms with Gasteiger partial charge in [-0.3, -0.25) is 0 Å². The lowest BCUT2D eigenvalue weighted by atomic mass is 9.85. The van der Waals surface area contributed by atoms with Gasteiger partial charge in [0.1, 0.15) is 0 Å². The van der Waals surface area contributed by atoms with Crippen LogP contribution in [0.1, 0.15) is 104 Å². The number of fused-ring (bicyclic) bond motifs is 2. The second-order valence-electron chi connectivity index (χ2n) is 16.7. The Balaban J connectivity index is 0.000000194. The number of benzene rings is 6. The average molecular weight is 619 g/mol. The van der Waals surface area contributed by atoms with Crippen molar-refractivity contribution in [3.8, 4) is 22.3 Å². The van der Waals surface area contributed by atoms with E-state index in [0.29, 0.717) is 5.92 Å². The molecule has 0 radical (unpaired) electrons. The summed E-state index contributed by atoms with van der Waals surface area (Å²) >= 11 is 0. The van der Waals surface area contributed by atoms with Gasteiger partial charge in [0.2, 0.25) is 0 Å². The maximum Gasteiger partial charge on any atom is -0.0132 e. The predicted octanol–water partition coefficient (Wildman–Crippen LogP) is 14.0. The Hall–Kier alpha value is -4.16. The normalized spacial score (nSPS) is 12.3. The van der Waals surface area contributed by atoms with Crippen LogP contribution in [-0.2, 0) is 16.2 Å². The van der Waals surface area contributed by atoms with Gasteiger partial charge in [0, 0.05) is 0 Å². The van der Waals surface area contributed by atoms with Crippen LogP contribution in [0.25, 0.3) is 43.8 Å². The van der Waals surface area contributed by atoms with E-state index < -0.39 is 0 Å². The van der Waals surface area contributed by atoms with Crippen molar-refractivity contribution in [2.24, 2.45) is 0 Å². The van der Waals surface area contributed by atoms with Crippen molar-refractivity contribution in [2.45, 2.75) is 98.3 Å². The Morgan fingerprint density at radius 3 is 1.04 bits per heavy atom. The number of rotatable bonds is 3. The quantitative estimate of drug-likeness (QED) is 0.185. The van der Waals surface area contributed by atoms with Crippen LogP contribution in [-0.4, -0.2) is 0 Å². The van der Waals surface area contributed by atoms with Gasteiger partial charge in [-0.15, -0.1) is 0 Å². The monoisotopic (exact) mass is 618 g/mol. The molecule has 0 aliphatic carbocycles. The van der Waals surface area contributed by atoms with E-state index in [4.69, 9.17) is 0 Å². The van der Waals surface area contributed by atoms with Gasteiger partial charge in [-0.2, -0.15) is 0 Å². The maximum absolute atomic E-state index is 2.33. The van der Waals surface area contributed by atoms with E-state index in [0.717, 1.165) is 0 Å². The van der Waals surface area contributed by atoms with Crippen molar-refractivity contribution in [1.82, 2.24) is 0 Å². The molecule has 0 aliphatic heterocycles. The summed E-state index contributed by atoms with van der Waals surface area (Å²) in [5.74, 6) is 0.563. The van der Waals surface area contributed by atoms with Gasteiger partial charge in [-0.05, 0) is 100 Å². The zero-order valence-electron chi connectivity index (χ0n) is 30.6. The first kappa shape index (κ1) is 34.2. The van der Waals surface area contributed by atoms with Crippen molar-refractivity contribution in [3.63, 3.8) is 0 Å². The van der Waals surface area contributed by atoms with E-state index in [2.05, 4.69) is 197 Å². The molecule has 0 heteroatoms. The summed E-state index contributed by atoms with van der Waals surface area (Å²) in [6, 6.07) is 45.2. The summed E-state index contributed by atoms with van der Waals surface area (Å²) in [7, 11) is 0. The lowest BCUT2D eigenvalue weighted by molar-refractivity contribution is 0.590. The molecule has 0 spiro atoms. The highest BCUT2D eigenvalue weighted by Gasteiger charge is 2.16. The summed E-state index contributed by atoms with van der Waals surface area (Å²) in [4.78, 5) is 0. The first-order valence-corrected chi connectivity index (χ1v) is 17.3. The molecule has 0 bridgehead atoms. The molecule has 0 fully saturated rings. The third-order valence-corrected chi connectivity index (χ3v) is 9.41. The van der Waals surface area contributed by atoms with E-state index in [1.54, 1.807) is 0 Å². The minimum absolute atomic E-state index is 0.181. The van der Waals surface area contributed by atoms with Crippen LogP contribution >= 0.6 is 0 Å². The summed E-state index contributed by atoms with van der Waals surface area (Å²) in [5, 5.41) is 5.24. The maximum atomic E-state index is 2.33. The largest absolute Gasteiger partial charge is 0.0587 e. The molecule has 47 heavy (non-hydrogen) atoms. The summed E-state index contributed by atoms with van der Waals surface area (Å²) in [6.07, 6.45) is 0. The number of hydrogen-bond donors (Lipinski definition) is 0. The minimum atomic E-state index is 0.181. The summed E-state index contributed by atoms with van der Waals surface area (Å²) in [5.41, 5.74) is 11.3. The fourth-order valence-corrected chi connectivity index (χ4v) is 6.02. The van der Waals surface area contributed by atoms with Gasteiger partial charge in [0.05, 0.1) is 0 Å². The highest BCUT2D eigenvalue weighted by Crippen LogP contribution is 2.32. The Morgan fingerprint density at radius 1 is 0.319 bits per heavy atom. The van der Waals surface area contributed by atoms with E-state index in [1.807, 2.05) is 0 Å². The molecule has 0 heterocycles. The van der Waals surface area contributed by atoms with Gasteiger partial charge >= 0.3 is 0 Å². The second-order valence-corrected chi connectivity index (χ2v) is 16.7. The Labute approximate surface area is 284 Å². The molecule has 0 nitrogen and oxygen atoms in total. The molecule has 0 atom stereocenters. The van der Waals surface area contributed by atoms with Crippen molar-refractivity contribution in [2.75, 3.05) is 0 Å². The van der Waals surface area contributed by atoms with Crippen LogP contribution < -0.4 is 0 Å². The molecule has 0 saturated carbocycles. The van der Waals surface area contributed by atoms with Crippen molar-refractivity contribution < 1.29 is 0 Å². The molecule has 0 N–H and O–H groups in total. The fraction of sp³-hybridized carbons (Fsp3) is 0.319. The van der Waals surface area contributed by atoms with Gasteiger partial charge in [0.15, 0.2) is 0 Å². The lowest BCUT2D eigenvalue weighted by Gasteiger charge is -2.20. The van der Waals surface area contributed by atoms with Crippen molar-refractivity contribution in [1.29, 1.82) is 0 Å². The smallest absolute Gasteiger partial charge is 0.0132 e. The van der Waals surface area contributed by atoms with Crippen LogP contribution in [0, 0.1) is 0 Å². The molecular weight excluding hydrogens is 565 g/mol. The van der Waals surface area contributed by atoms with Crippen LogP contribution in [0.15, 0.2) is 121 Å². The standard InChI is InChI=1S/C27H28.C20H26/c1-18(2)19-6-7-21-15-22(9-8-20(21)14-19)23-10-11-25-17-26(27(3,4)5)13-12-24(25)16-23;1-19(2,3)17-11-7-15(8-12-17)16-9-13-18(14-10-16)20(4,5)6/h6-18H,1-5H3;7-14H,1-6H3. The van der Waals surface area contributed by atoms with E-state index in [1.165, 1.54) is 66.1 Å². The van der Waals surface area contributed by atoms with Crippen molar-refractivity contribution >= 4 is 21.5 Å². The third-order valence-electron chi connectivity index (χ3n) is 9.41. The molecule has 0 amide bonds. The van der Waals surface area contributed by atoms with Gasteiger partial charge in [0.25, 0.3) is 0 Å². The molecule has 6 aromatic carbocycles. The molecule has 0 saturated heterocycles. The molecule has 6 rings (SSSR count). The van der Waals surface area contributed by atoms with E-state index in [-0.39, 0.29) is 16.2 Å². The van der Waals surface area contributed by atoms with Crippen molar-refractivity contribution in [3.05, 3.63) is 144 Å². The minimum Gasteiger partial charge on any atom is -0.0587 e. The van der Waals surface area contributed by atoms with Gasteiger partial charge in [-0.1, -0.05) is 185 Å². The lowest BCUT2D eigenvalue weighted by Crippen LogP contribution is -2.10. The fourth-order valence-electron chi connectivity index (χ4n) is 6.02. The summed E-state index contributed by atoms with van der Waals surface area (Å²) < 4.78 is 0. The first-order valence-electron chi connectivity index (χ1n) is 17.3. The van der Waals surface area contributed by atoms with Crippen LogP contribution in [0.5, 0.6) is 0 Å². The Morgan fingerprint density at radius 2 is 0.638 bits per heavy atom. The third kappa shape index (κ3) is 8.23. The highest BCUT2D eigenvalue weighted by atomic mass is 14.2. The number of hydrogen-bond acceptors (Lipinski definition) is 0. The molecule has 6 aromatic rings. The summed E-state index contributed by atoms with van der Waals surface area (Å²) in [6.45, 7) is 24.8. The van der Waals surface area contributed by atoms with Crippen LogP contribution in [0.2, 0.25) is 0 Å². The molecule has 242 valence electrons. The van der Waals surface area contributed by atoms with E-state index in [9.17, 15) is 0 Å². The van der Waals surface area contributed by atoms with Gasteiger partial charge in [-0.25, -0.2) is 0 Å². The topological polar surface area (TPSA) is 0 Å². The zero-order valence-corrected chi connectivity index (χ0v) is 30.6. The van der Waals surface area contributed by atoms with Crippen LogP contribution in [0.3, 0.4) is 0 Å². The Kier molecular flexibility index (Phi) is 9.57. The average Bonchev–Trinajstić information content (AvgIpc) is 3.03. The molecule has 0 unspecified atom stereocenters. The SMILES string of the molecule is CC(C)(C)c1ccc(-c2ccc(C(C)(C)C)cc2)cc1.CC(C)c1ccc2cc(-c3ccc4cc(C(C)(C)C)ccc4c3)ccc2c1. The molecule has 0 aromatic heterocycles. The second kappa shape index (κ2) is 13.2. The molecular formula is C47H54. The predicted molar refractivity (Wildman–Crippen MR) is 209 cm³/mol. The first-order chi connectivity index (χ1) is 22.0. The van der Waals surface area contributed by atoms with Gasteiger partial charge < -0.3 is 0 Å². The van der Waals surface area contributed by atoms with Crippen LogP contribution in [0.4, 0.5) is 0 Å². The molecule has 0 aliphatic rings. The highest BCUT2D eigenvalue weighted by molar-refractivity contribution is 5.92.